The molecule has 2 aliphatic rings. The van der Waals surface area contributed by atoms with Gasteiger partial charge in [0, 0.05) is 42.7 Å². The van der Waals surface area contributed by atoms with Crippen molar-refractivity contribution in [3.05, 3.63) is 20.7 Å². The van der Waals surface area contributed by atoms with Crippen molar-refractivity contribution in [2.75, 3.05) is 13.1 Å². The summed E-state index contributed by atoms with van der Waals surface area (Å²) in [6, 6.07) is 0.839. The van der Waals surface area contributed by atoms with Gasteiger partial charge in [0.1, 0.15) is 0 Å². The number of hydrogen-bond donors (Lipinski definition) is 1. The van der Waals surface area contributed by atoms with Crippen LogP contribution in [0.4, 0.5) is 0 Å². The second kappa shape index (κ2) is 6.32. The van der Waals surface area contributed by atoms with Gasteiger partial charge in [-0.1, -0.05) is 17.8 Å². The molecule has 0 radical (unpaired) electrons. The number of thiazole rings is 1. The Balaban J connectivity index is 1.51. The van der Waals surface area contributed by atoms with Crippen LogP contribution in [0.2, 0.25) is 0 Å². The fourth-order valence-corrected chi connectivity index (χ4v) is 4.34. The third kappa shape index (κ3) is 3.21. The first-order valence-electron chi connectivity index (χ1n) is 7.83. The molecule has 0 aromatic carbocycles. The van der Waals surface area contributed by atoms with Crippen molar-refractivity contribution in [2.45, 2.75) is 57.7 Å². The van der Waals surface area contributed by atoms with Gasteiger partial charge in [0.15, 0.2) is 0 Å². The second-order valence-electron chi connectivity index (χ2n) is 6.11. The highest BCUT2D eigenvalue weighted by atomic mass is 32.1. The molecule has 2 aliphatic heterocycles. The molecule has 1 aromatic rings. The third-order valence-electron chi connectivity index (χ3n) is 4.74. The normalized spacial score (nSPS) is 25.8. The number of carbonyl (C=O) groups is 1. The van der Waals surface area contributed by atoms with Gasteiger partial charge < -0.3 is 9.88 Å². The van der Waals surface area contributed by atoms with Gasteiger partial charge in [0.25, 0.3) is 0 Å². The van der Waals surface area contributed by atoms with Gasteiger partial charge in [-0.15, -0.1) is 0 Å². The van der Waals surface area contributed by atoms with Crippen LogP contribution in [-0.2, 0) is 11.3 Å². The molecule has 2 fully saturated rings. The molecule has 1 N–H and O–H groups in total. The monoisotopic (exact) mass is 309 g/mol. The summed E-state index contributed by atoms with van der Waals surface area (Å²) < 4.78 is 1.69. The number of aromatic nitrogens is 1. The fourth-order valence-electron chi connectivity index (χ4n) is 3.58. The first kappa shape index (κ1) is 14.8. The van der Waals surface area contributed by atoms with E-state index >= 15 is 0 Å². The van der Waals surface area contributed by atoms with Crippen molar-refractivity contribution in [1.29, 1.82) is 0 Å². The van der Waals surface area contributed by atoms with E-state index in [0.29, 0.717) is 25.0 Å². The topological polar surface area (TPSA) is 54.3 Å². The van der Waals surface area contributed by atoms with Crippen molar-refractivity contribution in [1.82, 2.24) is 14.8 Å². The first-order valence-corrected chi connectivity index (χ1v) is 8.71. The van der Waals surface area contributed by atoms with Gasteiger partial charge in [0.2, 0.25) is 5.91 Å². The maximum atomic E-state index is 12.1. The summed E-state index contributed by atoms with van der Waals surface area (Å²) in [5, 5.41) is 5.03. The zero-order valence-electron chi connectivity index (χ0n) is 12.5. The van der Waals surface area contributed by atoms with Crippen LogP contribution in [0.5, 0.6) is 0 Å². The molecule has 0 unspecified atom stereocenters. The Morgan fingerprint density at radius 1 is 1.38 bits per heavy atom. The number of amides is 1. The molecule has 2 saturated heterocycles. The van der Waals surface area contributed by atoms with Crippen LogP contribution < -0.4 is 10.2 Å². The number of hydrogen-bond acceptors (Lipinski definition) is 4. The van der Waals surface area contributed by atoms with E-state index in [1.165, 1.54) is 37.1 Å². The SMILES string of the molecule is Cc1csc(=O)n1CCC(=O)N[C@H]1CCN2CCCC[C@@H]12. The summed E-state index contributed by atoms with van der Waals surface area (Å²) in [5.74, 6) is 0.0740. The average molecular weight is 309 g/mol. The van der Waals surface area contributed by atoms with Crippen LogP contribution in [0.1, 0.15) is 37.8 Å². The van der Waals surface area contributed by atoms with E-state index < -0.39 is 0 Å². The first-order chi connectivity index (χ1) is 10.1. The summed E-state index contributed by atoms with van der Waals surface area (Å²) in [5.41, 5.74) is 0.942. The smallest absolute Gasteiger partial charge is 0.307 e. The lowest BCUT2D eigenvalue weighted by Crippen LogP contribution is -2.47. The highest BCUT2D eigenvalue weighted by Gasteiger charge is 2.35. The number of rotatable bonds is 4. The van der Waals surface area contributed by atoms with Gasteiger partial charge in [-0.25, -0.2) is 0 Å². The second-order valence-corrected chi connectivity index (χ2v) is 6.93. The van der Waals surface area contributed by atoms with Crippen molar-refractivity contribution < 1.29 is 4.79 Å². The Kier molecular flexibility index (Phi) is 4.45. The lowest BCUT2D eigenvalue weighted by atomic mass is 9.99. The van der Waals surface area contributed by atoms with Gasteiger partial charge in [-0.05, 0) is 32.7 Å². The predicted octanol–water partition coefficient (Wildman–Crippen LogP) is 1.35. The largest absolute Gasteiger partial charge is 0.352 e. The van der Waals surface area contributed by atoms with E-state index in [9.17, 15) is 9.59 Å². The number of piperidine rings is 1. The molecule has 2 atom stereocenters. The molecule has 1 amide bonds. The van der Waals surface area contributed by atoms with E-state index in [2.05, 4.69) is 10.2 Å². The highest BCUT2D eigenvalue weighted by Crippen LogP contribution is 2.27. The van der Waals surface area contributed by atoms with Crippen molar-refractivity contribution >= 4 is 17.2 Å². The molecule has 0 saturated carbocycles. The minimum atomic E-state index is 0.0274. The Labute approximate surface area is 129 Å². The van der Waals surface area contributed by atoms with Crippen LogP contribution in [0.3, 0.4) is 0 Å². The number of carbonyl (C=O) groups excluding carboxylic acids is 1. The molecule has 3 rings (SSSR count). The lowest BCUT2D eigenvalue weighted by molar-refractivity contribution is -0.122. The van der Waals surface area contributed by atoms with Crippen molar-refractivity contribution in [2.24, 2.45) is 0 Å². The minimum Gasteiger partial charge on any atom is -0.352 e. The van der Waals surface area contributed by atoms with Gasteiger partial charge >= 0.3 is 4.87 Å². The fraction of sp³-hybridized carbons (Fsp3) is 0.733. The maximum Gasteiger partial charge on any atom is 0.307 e. The molecule has 3 heterocycles. The summed E-state index contributed by atoms with van der Waals surface area (Å²) in [7, 11) is 0. The molecule has 21 heavy (non-hydrogen) atoms. The highest BCUT2D eigenvalue weighted by molar-refractivity contribution is 7.07. The molecule has 0 aliphatic carbocycles. The van der Waals surface area contributed by atoms with E-state index in [1.807, 2.05) is 12.3 Å². The van der Waals surface area contributed by atoms with Gasteiger partial charge in [0.05, 0.1) is 0 Å². The predicted molar refractivity (Wildman–Crippen MR) is 83.7 cm³/mol. The lowest BCUT2D eigenvalue weighted by Gasteiger charge is -2.32. The van der Waals surface area contributed by atoms with Crippen LogP contribution in [0.15, 0.2) is 10.2 Å². The van der Waals surface area contributed by atoms with E-state index in [1.54, 1.807) is 4.57 Å². The molecule has 116 valence electrons. The van der Waals surface area contributed by atoms with E-state index in [0.717, 1.165) is 18.7 Å². The van der Waals surface area contributed by atoms with Crippen LogP contribution >= 0.6 is 11.3 Å². The number of nitrogens with one attached hydrogen (secondary N) is 1. The van der Waals surface area contributed by atoms with E-state index in [4.69, 9.17) is 0 Å². The zero-order valence-corrected chi connectivity index (χ0v) is 13.3. The number of aryl methyl sites for hydroxylation is 1. The standard InChI is InChI=1S/C15H23N3O2S/c1-11-10-21-15(20)18(11)9-6-14(19)16-12-5-8-17-7-3-2-4-13(12)17/h10,12-13H,2-9H2,1H3,(H,16,19)/t12-,13-/m0/s1. The van der Waals surface area contributed by atoms with Gasteiger partial charge in [-0.3, -0.25) is 14.5 Å². The number of nitrogens with zero attached hydrogens (tertiary/aromatic N) is 2. The average Bonchev–Trinajstić information content (AvgIpc) is 3.02. The summed E-state index contributed by atoms with van der Waals surface area (Å²) in [6.45, 7) is 4.69. The molecular formula is C15H23N3O2S. The van der Waals surface area contributed by atoms with E-state index in [-0.39, 0.29) is 10.8 Å². The summed E-state index contributed by atoms with van der Waals surface area (Å²) >= 11 is 1.20. The zero-order chi connectivity index (χ0) is 14.8. The Morgan fingerprint density at radius 2 is 2.24 bits per heavy atom. The van der Waals surface area contributed by atoms with Crippen molar-refractivity contribution in [3.8, 4) is 0 Å². The third-order valence-corrected chi connectivity index (χ3v) is 5.62. The molecule has 6 heteroatoms. The summed E-state index contributed by atoms with van der Waals surface area (Å²) in [4.78, 5) is 26.3. The minimum absolute atomic E-state index is 0.0274. The summed E-state index contributed by atoms with van der Waals surface area (Å²) in [6.07, 6.45) is 5.22. The van der Waals surface area contributed by atoms with Crippen LogP contribution in [0.25, 0.3) is 0 Å². The molecule has 5 nitrogen and oxygen atoms in total. The van der Waals surface area contributed by atoms with Crippen LogP contribution in [-0.4, -0.2) is 40.5 Å². The Morgan fingerprint density at radius 3 is 3.00 bits per heavy atom. The molecule has 0 spiro atoms. The van der Waals surface area contributed by atoms with Crippen LogP contribution in [0, 0.1) is 6.92 Å². The van der Waals surface area contributed by atoms with Gasteiger partial charge in [-0.2, -0.15) is 0 Å². The van der Waals surface area contributed by atoms with Crippen molar-refractivity contribution in [3.63, 3.8) is 0 Å². The Bertz CT molecular complexity index is 566. The quantitative estimate of drug-likeness (QED) is 0.913. The molecule has 0 bridgehead atoms. The number of fused-ring (bicyclic) bond motifs is 1. The molecular weight excluding hydrogens is 286 g/mol. The Hall–Kier alpha value is -1.14. The molecule has 1 aromatic heterocycles. The maximum absolute atomic E-state index is 12.1.